The first-order valence-electron chi connectivity index (χ1n) is 13.4. The quantitative estimate of drug-likeness (QED) is 0.152. The summed E-state index contributed by atoms with van der Waals surface area (Å²) in [6, 6.07) is 13.9. The first-order valence-corrected chi connectivity index (χ1v) is 16.1. The number of aliphatic hydroxyl groups excluding tert-OH is 1. The molecule has 0 radical (unpaired) electrons. The molecule has 1 aliphatic heterocycles. The zero-order valence-electron chi connectivity index (χ0n) is 23.6. The van der Waals surface area contributed by atoms with Crippen molar-refractivity contribution in [3.63, 3.8) is 0 Å². The lowest BCUT2D eigenvalue weighted by Crippen LogP contribution is -2.44. The Kier molecular flexibility index (Phi) is 8.55. The minimum Gasteiger partial charge on any atom is -0.462 e. The molecule has 2 aromatic heterocycles. The van der Waals surface area contributed by atoms with E-state index in [1.54, 1.807) is 32.9 Å². The number of nitrogens with zero attached hydrogens (tertiary/aromatic N) is 3. The molecule has 0 bridgehead atoms. The summed E-state index contributed by atoms with van der Waals surface area (Å²) < 4.78 is 25.4. The minimum atomic E-state index is -3.48. The van der Waals surface area contributed by atoms with Crippen molar-refractivity contribution in [1.82, 2.24) is 19.6 Å². The molecule has 1 aliphatic rings. The van der Waals surface area contributed by atoms with Gasteiger partial charge in [0.05, 0.1) is 24.7 Å². The standard InChI is InChI=1S/C28H34N5O7PS/c1-16(2)38-26(35)17(3)32-41(42,40-21-11-7-9-18-8-5-6-10-19(18)21)37-14-22-24(34)28(4,36)27(39-22)33-15-31-23-20(29)12-13-30-25(23)33/h5-13,15-17,22,24,27,34,36H,14H2,1-4H3,(H2,29,30)(H,32,42)/t17?,22-,24-,27-,28-,41?/m1/s1. The van der Waals surface area contributed by atoms with Gasteiger partial charge in [-0.25, -0.2) is 15.1 Å². The minimum absolute atomic E-state index is 0.267. The van der Waals surface area contributed by atoms with E-state index in [9.17, 15) is 15.0 Å². The topological polar surface area (TPSA) is 163 Å². The van der Waals surface area contributed by atoms with Crippen molar-refractivity contribution in [2.24, 2.45) is 0 Å². The van der Waals surface area contributed by atoms with Crippen molar-refractivity contribution in [3.8, 4) is 5.75 Å². The number of anilines is 1. The second-order valence-corrected chi connectivity index (χ2v) is 13.8. The molecule has 1 saturated heterocycles. The second-order valence-electron chi connectivity index (χ2n) is 10.6. The van der Waals surface area contributed by atoms with Crippen molar-refractivity contribution in [3.05, 3.63) is 61.1 Å². The van der Waals surface area contributed by atoms with Gasteiger partial charge in [-0.05, 0) is 57.0 Å². The number of benzene rings is 2. The molecule has 14 heteroatoms. The van der Waals surface area contributed by atoms with Crippen LogP contribution in [0, 0.1) is 0 Å². The number of rotatable bonds is 10. The van der Waals surface area contributed by atoms with Gasteiger partial charge in [0.2, 0.25) is 0 Å². The number of hydrogen-bond acceptors (Lipinski definition) is 11. The maximum absolute atomic E-state index is 12.7. The third-order valence-electron chi connectivity index (χ3n) is 6.93. The molecular weight excluding hydrogens is 581 g/mol. The Balaban J connectivity index is 1.40. The van der Waals surface area contributed by atoms with Crippen LogP contribution in [0.25, 0.3) is 21.9 Å². The number of carbonyl (C=O) groups is 1. The highest BCUT2D eigenvalue weighted by Gasteiger charge is 2.54. The van der Waals surface area contributed by atoms with Crippen LogP contribution >= 0.6 is 6.64 Å². The van der Waals surface area contributed by atoms with Crippen molar-refractivity contribution < 1.29 is 33.5 Å². The van der Waals surface area contributed by atoms with Crippen molar-refractivity contribution in [1.29, 1.82) is 0 Å². The fourth-order valence-corrected chi connectivity index (χ4v) is 7.21. The molecule has 2 unspecified atom stereocenters. The predicted molar refractivity (Wildman–Crippen MR) is 161 cm³/mol. The highest BCUT2D eigenvalue weighted by molar-refractivity contribution is 8.09. The molecule has 2 aromatic carbocycles. The zero-order valence-corrected chi connectivity index (χ0v) is 25.3. The number of nitrogen functional groups attached to an aromatic ring is 1. The summed E-state index contributed by atoms with van der Waals surface area (Å²) in [5, 5.41) is 27.2. The third-order valence-corrected chi connectivity index (χ3v) is 9.42. The Morgan fingerprint density at radius 3 is 2.71 bits per heavy atom. The number of aromatic nitrogens is 3. The molecule has 224 valence electrons. The van der Waals surface area contributed by atoms with E-state index in [0.717, 1.165) is 10.8 Å². The summed E-state index contributed by atoms with van der Waals surface area (Å²) in [6.07, 6.45) is -0.836. The highest BCUT2D eigenvalue weighted by atomic mass is 32.5. The van der Waals surface area contributed by atoms with Gasteiger partial charge in [-0.3, -0.25) is 9.36 Å². The number of esters is 1. The van der Waals surface area contributed by atoms with E-state index in [4.69, 9.17) is 36.1 Å². The van der Waals surface area contributed by atoms with Crippen molar-refractivity contribution in [2.75, 3.05) is 12.3 Å². The Labute approximate surface area is 248 Å². The van der Waals surface area contributed by atoms with Crippen LogP contribution in [0.4, 0.5) is 5.69 Å². The maximum atomic E-state index is 12.7. The Bertz CT molecular complexity index is 1640. The van der Waals surface area contributed by atoms with E-state index >= 15 is 0 Å². The molecule has 0 saturated carbocycles. The number of pyridine rings is 1. The van der Waals surface area contributed by atoms with Crippen LogP contribution in [-0.4, -0.2) is 67.3 Å². The first kappa shape index (κ1) is 30.3. The molecule has 4 aromatic rings. The number of nitrogens with one attached hydrogen (secondary N) is 1. The predicted octanol–water partition coefficient (Wildman–Crippen LogP) is 3.43. The van der Waals surface area contributed by atoms with E-state index in [-0.39, 0.29) is 12.7 Å². The number of ether oxygens (including phenoxy) is 2. The lowest BCUT2D eigenvalue weighted by molar-refractivity contribution is -0.149. The largest absolute Gasteiger partial charge is 0.462 e. The number of hydrogen-bond donors (Lipinski definition) is 4. The lowest BCUT2D eigenvalue weighted by Gasteiger charge is -2.29. The number of imidazole rings is 1. The summed E-state index contributed by atoms with van der Waals surface area (Å²) in [6.45, 7) is 2.80. The number of carbonyl (C=O) groups excluding carboxylic acids is 1. The van der Waals surface area contributed by atoms with E-state index in [0.29, 0.717) is 22.6 Å². The average Bonchev–Trinajstić information content (AvgIpc) is 3.46. The fourth-order valence-electron chi connectivity index (χ4n) is 4.79. The highest BCUT2D eigenvalue weighted by Crippen LogP contribution is 2.49. The average molecular weight is 616 g/mol. The van der Waals surface area contributed by atoms with Gasteiger partial charge in [0.15, 0.2) is 11.9 Å². The maximum Gasteiger partial charge on any atom is 0.323 e. The molecule has 5 N–H and O–H groups in total. The van der Waals surface area contributed by atoms with Crippen LogP contribution in [0.15, 0.2) is 61.1 Å². The Morgan fingerprint density at radius 1 is 1.21 bits per heavy atom. The smallest absolute Gasteiger partial charge is 0.323 e. The van der Waals surface area contributed by atoms with Gasteiger partial charge >= 0.3 is 12.6 Å². The molecule has 5 rings (SSSR count). The van der Waals surface area contributed by atoms with Crippen molar-refractivity contribution in [2.45, 2.75) is 63.9 Å². The molecule has 1 fully saturated rings. The number of fused-ring (bicyclic) bond motifs is 2. The fraction of sp³-hybridized carbons (Fsp3) is 0.393. The van der Waals surface area contributed by atoms with E-state index < -0.39 is 42.7 Å². The molecule has 3 heterocycles. The van der Waals surface area contributed by atoms with Gasteiger partial charge in [-0.2, -0.15) is 0 Å². The van der Waals surface area contributed by atoms with Gasteiger partial charge in [0.25, 0.3) is 0 Å². The Morgan fingerprint density at radius 2 is 1.95 bits per heavy atom. The monoisotopic (exact) mass is 615 g/mol. The second kappa shape index (κ2) is 11.8. The molecule has 0 aliphatic carbocycles. The van der Waals surface area contributed by atoms with Crippen LogP contribution in [0.5, 0.6) is 5.75 Å². The van der Waals surface area contributed by atoms with Gasteiger partial charge in [-0.15, -0.1) is 0 Å². The van der Waals surface area contributed by atoms with Crippen LogP contribution in [-0.2, 0) is 30.6 Å². The lowest BCUT2D eigenvalue weighted by atomic mass is 9.96. The summed E-state index contributed by atoms with van der Waals surface area (Å²) in [5.74, 6) is -0.0667. The van der Waals surface area contributed by atoms with Gasteiger partial charge in [0.1, 0.15) is 35.1 Å². The number of aliphatic hydroxyl groups is 2. The van der Waals surface area contributed by atoms with Gasteiger partial charge in [0, 0.05) is 11.6 Å². The molecule has 0 spiro atoms. The van der Waals surface area contributed by atoms with Crippen molar-refractivity contribution >= 4 is 52.0 Å². The summed E-state index contributed by atoms with van der Waals surface area (Å²) in [4.78, 5) is 21.3. The van der Waals surface area contributed by atoms with Crippen LogP contribution in [0.3, 0.4) is 0 Å². The molecule has 6 atom stereocenters. The van der Waals surface area contributed by atoms with Gasteiger partial charge < -0.3 is 34.5 Å². The third kappa shape index (κ3) is 6.00. The van der Waals surface area contributed by atoms with Crippen LogP contribution in [0.2, 0.25) is 0 Å². The van der Waals surface area contributed by atoms with Crippen LogP contribution < -0.4 is 15.3 Å². The molecular formula is C28H34N5O7PS. The summed E-state index contributed by atoms with van der Waals surface area (Å²) in [7, 11) is 0. The van der Waals surface area contributed by atoms with Gasteiger partial charge in [-0.1, -0.05) is 36.4 Å². The zero-order chi connectivity index (χ0) is 30.2. The SMILES string of the molecule is CC(C)OC(=O)C(C)NP(=S)(OC[C@H]1O[C@@H](n2cnc3c(N)ccnc32)[C@](C)(O)[C@@H]1O)Oc1cccc2ccccc12. The first-order chi connectivity index (χ1) is 19.9. The molecule has 42 heavy (non-hydrogen) atoms. The molecule has 0 amide bonds. The summed E-state index contributed by atoms with van der Waals surface area (Å²) >= 11 is 5.88. The summed E-state index contributed by atoms with van der Waals surface area (Å²) in [5.41, 5.74) is 5.51. The molecule has 12 nitrogen and oxygen atoms in total. The van der Waals surface area contributed by atoms with E-state index in [2.05, 4.69) is 15.1 Å². The number of nitrogens with two attached hydrogens (primary N) is 1. The van der Waals surface area contributed by atoms with E-state index in [1.807, 2.05) is 36.4 Å². The normalized spacial score (nSPS) is 24.6. The van der Waals surface area contributed by atoms with Crippen LogP contribution in [0.1, 0.15) is 33.9 Å². The van der Waals surface area contributed by atoms with E-state index in [1.165, 1.54) is 24.0 Å². The Hall–Kier alpha value is -3.16.